The zero-order valence-electron chi connectivity index (χ0n) is 12.2. The smallest absolute Gasteiger partial charge is 0.320 e. The fourth-order valence-corrected chi connectivity index (χ4v) is 2.51. The third-order valence-electron chi connectivity index (χ3n) is 3.35. The molecular weight excluding hydrogens is 345 g/mol. The summed E-state index contributed by atoms with van der Waals surface area (Å²) >= 11 is 5.88. The van der Waals surface area contributed by atoms with Gasteiger partial charge in [-0.3, -0.25) is 4.79 Å². The molecule has 0 radical (unpaired) electrons. The monoisotopic (exact) mass is 354 g/mol. The van der Waals surface area contributed by atoms with E-state index in [1.165, 1.54) is 12.1 Å². The first-order valence-electron chi connectivity index (χ1n) is 6.73. The van der Waals surface area contributed by atoms with E-state index in [1.54, 1.807) is 24.3 Å². The molecule has 0 saturated carbocycles. The van der Waals surface area contributed by atoms with Crippen molar-refractivity contribution in [2.75, 3.05) is 17.4 Å². The molecule has 2 aromatic rings. The maximum atomic E-state index is 12.7. The molecule has 0 saturated heterocycles. The Morgan fingerprint density at radius 2 is 2.00 bits per heavy atom. The largest absolute Gasteiger partial charge is 0.417 e. The Hall–Kier alpha value is -2.61. The lowest BCUT2D eigenvalue weighted by Crippen LogP contribution is -2.21. The van der Waals surface area contributed by atoms with Gasteiger partial charge in [0.25, 0.3) is 5.91 Å². The molecule has 2 heterocycles. The number of carbonyl (C=O) groups excluding carboxylic acids is 1. The molecule has 0 bridgehead atoms. The van der Waals surface area contributed by atoms with Gasteiger partial charge in [0.2, 0.25) is 0 Å². The Labute approximate surface area is 139 Å². The summed E-state index contributed by atoms with van der Waals surface area (Å²) in [6.07, 6.45) is -3.87. The number of nitrogens with one attached hydrogen (secondary N) is 1. The minimum atomic E-state index is -4.54. The zero-order valence-corrected chi connectivity index (χ0v) is 13.0. The molecule has 24 heavy (non-hydrogen) atoms. The van der Waals surface area contributed by atoms with Crippen LogP contribution in [-0.2, 0) is 11.0 Å². The van der Waals surface area contributed by atoms with E-state index in [2.05, 4.69) is 15.4 Å². The highest BCUT2D eigenvalue weighted by atomic mass is 35.5. The van der Waals surface area contributed by atoms with Gasteiger partial charge in [0, 0.05) is 18.8 Å². The van der Waals surface area contributed by atoms with E-state index in [0.717, 1.165) is 6.07 Å². The SMILES string of the molecule is CN(/N=C1\C(=O)Nc2ccccc21)c1ncc(C(F)(F)F)cc1Cl. The molecule has 5 nitrogen and oxygen atoms in total. The van der Waals surface area contributed by atoms with Gasteiger partial charge < -0.3 is 5.32 Å². The number of amides is 1. The molecule has 9 heteroatoms. The van der Waals surface area contributed by atoms with Crippen LogP contribution in [0.4, 0.5) is 24.7 Å². The first-order valence-corrected chi connectivity index (χ1v) is 7.11. The summed E-state index contributed by atoms with van der Waals surface area (Å²) in [7, 11) is 1.45. The minimum absolute atomic E-state index is 0.00866. The van der Waals surface area contributed by atoms with Crippen LogP contribution in [0.25, 0.3) is 0 Å². The van der Waals surface area contributed by atoms with E-state index < -0.39 is 17.6 Å². The first-order chi connectivity index (χ1) is 11.3. The van der Waals surface area contributed by atoms with Crippen molar-refractivity contribution in [3.05, 3.63) is 52.7 Å². The second kappa shape index (κ2) is 5.79. The van der Waals surface area contributed by atoms with Crippen molar-refractivity contribution >= 4 is 34.7 Å². The first kappa shape index (κ1) is 16.3. The summed E-state index contributed by atoms with van der Waals surface area (Å²) in [6.45, 7) is 0. The molecule has 1 aliphatic heterocycles. The van der Waals surface area contributed by atoms with Gasteiger partial charge in [-0.1, -0.05) is 29.8 Å². The van der Waals surface area contributed by atoms with E-state index in [4.69, 9.17) is 11.6 Å². The van der Waals surface area contributed by atoms with Crippen LogP contribution in [-0.4, -0.2) is 23.7 Å². The number of aromatic nitrogens is 1. The molecule has 1 aromatic carbocycles. The second-order valence-electron chi connectivity index (χ2n) is 5.00. The van der Waals surface area contributed by atoms with Crippen molar-refractivity contribution in [1.82, 2.24) is 4.98 Å². The van der Waals surface area contributed by atoms with Crippen molar-refractivity contribution in [2.24, 2.45) is 5.10 Å². The highest BCUT2D eigenvalue weighted by molar-refractivity contribution is 6.53. The van der Waals surface area contributed by atoms with Gasteiger partial charge in [-0.05, 0) is 12.1 Å². The number of nitrogens with zero attached hydrogens (tertiary/aromatic N) is 3. The third kappa shape index (κ3) is 2.92. The van der Waals surface area contributed by atoms with Gasteiger partial charge in [0.05, 0.1) is 16.3 Å². The lowest BCUT2D eigenvalue weighted by atomic mass is 10.1. The highest BCUT2D eigenvalue weighted by Gasteiger charge is 2.32. The molecule has 0 fully saturated rings. The van der Waals surface area contributed by atoms with E-state index >= 15 is 0 Å². The molecule has 1 aliphatic rings. The number of hydrogen-bond acceptors (Lipinski definition) is 4. The molecule has 1 aromatic heterocycles. The van der Waals surface area contributed by atoms with Crippen LogP contribution in [0.1, 0.15) is 11.1 Å². The van der Waals surface area contributed by atoms with E-state index in [1.807, 2.05) is 0 Å². The summed E-state index contributed by atoms with van der Waals surface area (Å²) in [5, 5.41) is 7.73. The number of halogens is 4. The number of pyridine rings is 1. The maximum absolute atomic E-state index is 12.7. The van der Waals surface area contributed by atoms with E-state index in [9.17, 15) is 18.0 Å². The number of fused-ring (bicyclic) bond motifs is 1. The van der Waals surface area contributed by atoms with Crippen molar-refractivity contribution in [2.45, 2.75) is 6.18 Å². The van der Waals surface area contributed by atoms with Gasteiger partial charge in [0.1, 0.15) is 0 Å². The summed E-state index contributed by atoms with van der Waals surface area (Å²) < 4.78 is 38.0. The summed E-state index contributed by atoms with van der Waals surface area (Å²) in [4.78, 5) is 15.7. The van der Waals surface area contributed by atoms with Crippen LogP contribution in [0.15, 0.2) is 41.6 Å². The topological polar surface area (TPSA) is 57.6 Å². The zero-order chi connectivity index (χ0) is 17.5. The molecular formula is C15H10ClF3N4O. The average molecular weight is 355 g/mol. The molecule has 0 atom stereocenters. The van der Waals surface area contributed by atoms with Crippen LogP contribution in [0.3, 0.4) is 0 Å². The predicted molar refractivity (Wildman–Crippen MR) is 84.3 cm³/mol. The number of hydrazone groups is 1. The Morgan fingerprint density at radius 1 is 1.29 bits per heavy atom. The standard InChI is InChI=1S/C15H10ClF3N4O/c1-23(13-10(16)6-8(7-20-13)15(17,18)19)22-12-9-4-2-3-5-11(9)21-14(12)24/h2-7H,1H3,(H,21,22,24). The molecule has 124 valence electrons. The van der Waals surface area contributed by atoms with E-state index in [0.29, 0.717) is 17.4 Å². The number of rotatable bonds is 2. The molecule has 0 aliphatic carbocycles. The molecule has 1 N–H and O–H groups in total. The number of alkyl halides is 3. The number of para-hydroxylation sites is 1. The normalized spacial score (nSPS) is 15.4. The molecule has 3 rings (SSSR count). The number of hydrogen-bond donors (Lipinski definition) is 1. The maximum Gasteiger partial charge on any atom is 0.417 e. The minimum Gasteiger partial charge on any atom is -0.320 e. The summed E-state index contributed by atoms with van der Waals surface area (Å²) in [6, 6.07) is 7.71. The van der Waals surface area contributed by atoms with Crippen LogP contribution in [0.5, 0.6) is 0 Å². The number of carbonyl (C=O) groups is 1. The van der Waals surface area contributed by atoms with Crippen LogP contribution >= 0.6 is 11.6 Å². The lowest BCUT2D eigenvalue weighted by molar-refractivity contribution is -0.137. The van der Waals surface area contributed by atoms with Crippen molar-refractivity contribution < 1.29 is 18.0 Å². The van der Waals surface area contributed by atoms with Gasteiger partial charge in [0.15, 0.2) is 11.5 Å². The Bertz CT molecular complexity index is 851. The third-order valence-corrected chi connectivity index (χ3v) is 3.63. The lowest BCUT2D eigenvalue weighted by Gasteiger charge is -2.15. The number of anilines is 2. The molecule has 0 spiro atoms. The van der Waals surface area contributed by atoms with Gasteiger partial charge in [-0.15, -0.1) is 0 Å². The van der Waals surface area contributed by atoms with Crippen molar-refractivity contribution in [1.29, 1.82) is 0 Å². The highest BCUT2D eigenvalue weighted by Crippen LogP contribution is 2.33. The summed E-state index contributed by atoms with van der Waals surface area (Å²) in [5.74, 6) is -0.402. The Balaban J connectivity index is 1.96. The predicted octanol–water partition coefficient (Wildman–Crippen LogP) is 3.55. The Morgan fingerprint density at radius 3 is 2.67 bits per heavy atom. The second-order valence-corrected chi connectivity index (χ2v) is 5.41. The average Bonchev–Trinajstić information content (AvgIpc) is 2.82. The van der Waals surface area contributed by atoms with Crippen molar-refractivity contribution in [3.8, 4) is 0 Å². The van der Waals surface area contributed by atoms with Gasteiger partial charge in [-0.2, -0.15) is 18.3 Å². The molecule has 0 unspecified atom stereocenters. The van der Waals surface area contributed by atoms with Crippen LogP contribution in [0.2, 0.25) is 5.02 Å². The molecule has 1 amide bonds. The van der Waals surface area contributed by atoms with Crippen LogP contribution in [0, 0.1) is 0 Å². The quantitative estimate of drug-likeness (QED) is 0.839. The van der Waals surface area contributed by atoms with Crippen LogP contribution < -0.4 is 10.3 Å². The summed E-state index contributed by atoms with van der Waals surface area (Å²) in [5.41, 5.74) is 0.380. The van der Waals surface area contributed by atoms with Gasteiger partial charge >= 0.3 is 6.18 Å². The number of benzene rings is 1. The van der Waals surface area contributed by atoms with Gasteiger partial charge in [-0.25, -0.2) is 9.99 Å². The Kier molecular flexibility index (Phi) is 3.92. The van der Waals surface area contributed by atoms with Crippen molar-refractivity contribution in [3.63, 3.8) is 0 Å². The fraction of sp³-hybridized carbons (Fsp3) is 0.133. The fourth-order valence-electron chi connectivity index (χ4n) is 2.22. The van der Waals surface area contributed by atoms with E-state index in [-0.39, 0.29) is 16.6 Å².